The Balaban J connectivity index is 0.000000561. The predicted octanol–water partition coefficient (Wildman–Crippen LogP) is 0.676. The molecule has 1 aromatic rings. The Bertz CT molecular complexity index is 799. The van der Waals surface area contributed by atoms with E-state index >= 15 is 0 Å². The predicted molar refractivity (Wildman–Crippen MR) is 109 cm³/mol. The third-order valence-electron chi connectivity index (χ3n) is 3.18. The van der Waals surface area contributed by atoms with Gasteiger partial charge < -0.3 is 15.2 Å². The zero-order valence-electron chi connectivity index (χ0n) is 17.5. The van der Waals surface area contributed by atoms with Crippen molar-refractivity contribution in [2.75, 3.05) is 5.32 Å². The second-order valence-electron chi connectivity index (χ2n) is 7.25. The molecule has 0 radical (unpaired) electrons. The number of carbonyl (C=O) groups excluding carboxylic acids is 2. The monoisotopic (exact) mass is 492 g/mol. The van der Waals surface area contributed by atoms with E-state index in [9.17, 15) is 23.2 Å². The van der Waals surface area contributed by atoms with Gasteiger partial charge in [0.15, 0.2) is 0 Å². The quantitative estimate of drug-likeness (QED) is 0.246. The molecule has 0 saturated heterocycles. The minimum absolute atomic E-state index is 0.236. The molecule has 6 N–H and O–H groups in total. The number of aromatic hydroxyl groups is 1. The third kappa shape index (κ3) is 11.5. The largest absolute Gasteiger partial charge is 0.480 e. The van der Waals surface area contributed by atoms with Gasteiger partial charge in [0, 0.05) is 0 Å². The number of phenols is 1. The van der Waals surface area contributed by atoms with Gasteiger partial charge in [-0.1, -0.05) is 13.3 Å². The fourth-order valence-corrected chi connectivity index (χ4v) is 3.46. The van der Waals surface area contributed by atoms with Crippen LogP contribution in [0.25, 0.3) is 0 Å². The molecule has 0 fully saturated rings. The summed E-state index contributed by atoms with van der Waals surface area (Å²) < 4.78 is 33.3. The number of benzene rings is 1. The molecule has 1 aromatic carbocycles. The second-order valence-corrected chi connectivity index (χ2v) is 10.5. The molecule has 0 saturated carbocycles. The molecule has 0 aromatic heterocycles. The van der Waals surface area contributed by atoms with Gasteiger partial charge in [-0.3, -0.25) is 0 Å². The van der Waals surface area contributed by atoms with E-state index in [0.717, 1.165) is 12.1 Å². The van der Waals surface area contributed by atoms with Gasteiger partial charge in [0.25, 0.3) is 0 Å². The Labute approximate surface area is 177 Å². The fraction of sp³-hybridized carbons (Fsp3) is 0.500. The standard InChI is InChI=1S/C10H19NO4.C8H10AsNO5/c1-5-6-7(8(12)13)11-9(14)15-10(2,3)4;1-5(11)10-6-2-3-8(12)7(4-6)9(13,14)15/h7H,5-6H2,1-4H3,(H,11,14)(H,12,13);2-4,12H,1H3,(H,10,11)(H2,13,14,15). The molecule has 2 amide bonds. The minimum Gasteiger partial charge on any atom is -0.480 e. The fourth-order valence-electron chi connectivity index (χ4n) is 2.03. The van der Waals surface area contributed by atoms with Crippen molar-refractivity contribution >= 4 is 42.2 Å². The number of ether oxygens (including phenoxy) is 1. The van der Waals surface area contributed by atoms with E-state index in [1.807, 2.05) is 6.92 Å². The van der Waals surface area contributed by atoms with Crippen molar-refractivity contribution in [3.63, 3.8) is 0 Å². The Hall–Kier alpha value is -2.49. The van der Waals surface area contributed by atoms with Gasteiger partial charge >= 0.3 is 100 Å². The minimum atomic E-state index is -5.15. The first kappa shape index (κ1) is 27.5. The number of nitrogens with one attached hydrogen (secondary N) is 2. The number of alkyl carbamates (subject to hydrolysis) is 1. The van der Waals surface area contributed by atoms with E-state index in [0.29, 0.717) is 12.8 Å². The van der Waals surface area contributed by atoms with Gasteiger partial charge in [0.2, 0.25) is 0 Å². The van der Waals surface area contributed by atoms with E-state index in [1.54, 1.807) is 20.8 Å². The van der Waals surface area contributed by atoms with Crippen LogP contribution in [-0.2, 0) is 18.1 Å². The Morgan fingerprint density at radius 2 is 1.77 bits per heavy atom. The van der Waals surface area contributed by atoms with Crippen LogP contribution in [-0.4, -0.2) is 62.2 Å². The van der Waals surface area contributed by atoms with Gasteiger partial charge in [-0.25, -0.2) is 9.59 Å². The molecule has 0 aliphatic rings. The maximum absolute atomic E-state index is 11.3. The van der Waals surface area contributed by atoms with Gasteiger partial charge in [-0.05, 0) is 27.2 Å². The topological polar surface area (TPSA) is 182 Å². The molecule has 0 bridgehead atoms. The number of phenolic OH excluding ortho intramolecular Hbond substituents is 1. The number of carboxylic acid groups (broad SMARTS) is 1. The van der Waals surface area contributed by atoms with Crippen LogP contribution < -0.4 is 15.0 Å². The first-order valence-corrected chi connectivity index (χ1v) is 12.3. The Morgan fingerprint density at radius 3 is 2.17 bits per heavy atom. The number of carboxylic acids is 1. The summed E-state index contributed by atoms with van der Waals surface area (Å²) in [6, 6.07) is 2.67. The maximum Gasteiger partial charge on any atom is 0.408 e. The first-order chi connectivity index (χ1) is 13.6. The smallest absolute Gasteiger partial charge is 0.408 e. The molecule has 1 rings (SSSR count). The number of anilines is 1. The number of amides is 2. The van der Waals surface area contributed by atoms with Gasteiger partial charge in [0.1, 0.15) is 11.6 Å². The number of rotatable bonds is 6. The molecule has 0 aliphatic carbocycles. The van der Waals surface area contributed by atoms with Crippen molar-refractivity contribution in [1.82, 2.24) is 5.32 Å². The summed E-state index contributed by atoms with van der Waals surface area (Å²) in [7, 11) is 0. The first-order valence-electron chi connectivity index (χ1n) is 8.95. The van der Waals surface area contributed by atoms with Crippen LogP contribution in [0, 0.1) is 0 Å². The van der Waals surface area contributed by atoms with E-state index in [2.05, 4.69) is 10.6 Å². The van der Waals surface area contributed by atoms with E-state index in [4.69, 9.17) is 18.0 Å². The average Bonchev–Trinajstić information content (AvgIpc) is 2.53. The van der Waals surface area contributed by atoms with Crippen LogP contribution in [0.5, 0.6) is 5.75 Å². The summed E-state index contributed by atoms with van der Waals surface area (Å²) in [6.07, 6.45) is 0.393. The van der Waals surface area contributed by atoms with Crippen molar-refractivity contribution in [3.05, 3.63) is 18.2 Å². The Kier molecular flexibility index (Phi) is 10.7. The molecule has 0 aliphatic heterocycles. The van der Waals surface area contributed by atoms with Crippen molar-refractivity contribution in [2.24, 2.45) is 0 Å². The van der Waals surface area contributed by atoms with Gasteiger partial charge in [-0.2, -0.15) is 0 Å². The third-order valence-corrected chi connectivity index (χ3v) is 5.24. The number of hydrogen-bond donors (Lipinski definition) is 6. The molecule has 0 heterocycles. The summed E-state index contributed by atoms with van der Waals surface area (Å²) in [4.78, 5) is 32.7. The van der Waals surface area contributed by atoms with Crippen molar-refractivity contribution in [2.45, 2.75) is 59.1 Å². The van der Waals surface area contributed by atoms with Crippen LogP contribution in [0.4, 0.5) is 10.5 Å². The molecule has 1 atom stereocenters. The van der Waals surface area contributed by atoms with Crippen LogP contribution in [0.15, 0.2) is 18.2 Å². The zero-order chi connectivity index (χ0) is 23.7. The molecular weight excluding hydrogens is 463 g/mol. The Morgan fingerprint density at radius 1 is 1.20 bits per heavy atom. The normalized spacial score (nSPS) is 12.1. The summed E-state index contributed by atoms with van der Waals surface area (Å²) in [5.74, 6) is -1.87. The van der Waals surface area contributed by atoms with E-state index in [-0.39, 0.29) is 11.6 Å². The molecule has 170 valence electrons. The van der Waals surface area contributed by atoms with Crippen molar-refractivity contribution in [3.8, 4) is 5.75 Å². The summed E-state index contributed by atoms with van der Waals surface area (Å²) >= 11 is -5.15. The SMILES string of the molecule is CC(=O)Nc1ccc(O)c([As](=O)(O)O)c1.CCCC(NC(=O)OC(C)(C)C)C(=O)O. The van der Waals surface area contributed by atoms with Crippen molar-refractivity contribution < 1.29 is 41.3 Å². The molecule has 30 heavy (non-hydrogen) atoms. The summed E-state index contributed by atoms with van der Waals surface area (Å²) in [6.45, 7) is 8.30. The van der Waals surface area contributed by atoms with Crippen molar-refractivity contribution in [1.29, 1.82) is 0 Å². The number of hydrogen-bond acceptors (Lipinski definition) is 6. The van der Waals surface area contributed by atoms with Crippen LogP contribution in [0.2, 0.25) is 0 Å². The summed E-state index contributed by atoms with van der Waals surface area (Å²) in [5.41, 5.74) is -0.376. The zero-order valence-corrected chi connectivity index (χ0v) is 19.4. The molecule has 0 spiro atoms. The maximum atomic E-state index is 11.3. The van der Waals surface area contributed by atoms with E-state index in [1.165, 1.54) is 13.0 Å². The van der Waals surface area contributed by atoms with Crippen LogP contribution in [0.3, 0.4) is 0 Å². The molecular formula is C18H29AsN2O9. The van der Waals surface area contributed by atoms with Gasteiger partial charge in [-0.15, -0.1) is 0 Å². The average molecular weight is 492 g/mol. The number of carbonyl (C=O) groups is 3. The molecule has 11 nitrogen and oxygen atoms in total. The van der Waals surface area contributed by atoms with E-state index < -0.39 is 48.0 Å². The van der Waals surface area contributed by atoms with Gasteiger partial charge in [0.05, 0.1) is 0 Å². The summed E-state index contributed by atoms with van der Waals surface area (Å²) in [5, 5.41) is 22.7. The van der Waals surface area contributed by atoms with Crippen LogP contribution >= 0.6 is 0 Å². The molecule has 1 unspecified atom stereocenters. The molecule has 12 heteroatoms. The van der Waals surface area contributed by atoms with Crippen LogP contribution in [0.1, 0.15) is 47.5 Å². The second kappa shape index (κ2) is 11.6. The number of aliphatic carboxylic acids is 1.